The highest BCUT2D eigenvalue weighted by Crippen LogP contribution is 2.05. The first-order valence-corrected chi connectivity index (χ1v) is 5.72. The van der Waals surface area contributed by atoms with Gasteiger partial charge < -0.3 is 4.74 Å². The number of ether oxygens (including phenoxy) is 1. The summed E-state index contributed by atoms with van der Waals surface area (Å²) in [4.78, 5) is 11.6. The van der Waals surface area contributed by atoms with E-state index in [0.717, 1.165) is 5.56 Å². The van der Waals surface area contributed by atoms with E-state index in [1.54, 1.807) is 36.4 Å². The van der Waals surface area contributed by atoms with E-state index in [9.17, 15) is 9.18 Å². The van der Waals surface area contributed by atoms with Crippen LogP contribution in [0.15, 0.2) is 54.6 Å². The molecule has 0 radical (unpaired) electrons. The molecule has 2 aromatic rings. The molecule has 2 rings (SSSR count). The van der Waals surface area contributed by atoms with Gasteiger partial charge in [-0.25, -0.2) is 9.18 Å². The Kier molecular flexibility index (Phi) is 4.07. The smallest absolute Gasteiger partial charge is 0.338 e. The number of rotatable bonds is 4. The zero-order valence-corrected chi connectivity index (χ0v) is 9.80. The van der Waals surface area contributed by atoms with Crippen LogP contribution in [-0.4, -0.2) is 12.6 Å². The molecule has 0 fully saturated rings. The molecule has 0 amide bonds. The molecule has 0 bridgehead atoms. The van der Waals surface area contributed by atoms with Crippen molar-refractivity contribution in [1.82, 2.24) is 0 Å². The Morgan fingerprint density at radius 3 is 2.33 bits per heavy atom. The molecule has 0 saturated carbocycles. The van der Waals surface area contributed by atoms with Gasteiger partial charge in [-0.3, -0.25) is 0 Å². The van der Waals surface area contributed by atoms with Gasteiger partial charge in [0, 0.05) is 6.42 Å². The highest BCUT2D eigenvalue weighted by atomic mass is 19.1. The molecule has 0 aliphatic heterocycles. The highest BCUT2D eigenvalue weighted by Gasteiger charge is 2.05. The number of hydrogen-bond donors (Lipinski definition) is 0. The molecule has 0 spiro atoms. The Labute approximate surface area is 105 Å². The molecule has 0 aliphatic carbocycles. The van der Waals surface area contributed by atoms with Crippen LogP contribution in [-0.2, 0) is 11.2 Å². The predicted octanol–water partition coefficient (Wildman–Crippen LogP) is 3.23. The fourth-order valence-electron chi connectivity index (χ4n) is 1.57. The van der Waals surface area contributed by atoms with Crippen molar-refractivity contribution in [3.05, 3.63) is 71.5 Å². The van der Waals surface area contributed by atoms with Gasteiger partial charge in [-0.15, -0.1) is 0 Å². The van der Waals surface area contributed by atoms with Crippen molar-refractivity contribution < 1.29 is 13.9 Å². The third-order valence-electron chi connectivity index (χ3n) is 2.55. The third-order valence-corrected chi connectivity index (χ3v) is 2.55. The first-order chi connectivity index (χ1) is 8.75. The Morgan fingerprint density at radius 2 is 1.67 bits per heavy atom. The molecule has 2 aromatic carbocycles. The lowest BCUT2D eigenvalue weighted by Gasteiger charge is -2.04. The van der Waals surface area contributed by atoms with Gasteiger partial charge in [0.15, 0.2) is 0 Å². The summed E-state index contributed by atoms with van der Waals surface area (Å²) in [7, 11) is 0. The number of halogens is 1. The summed E-state index contributed by atoms with van der Waals surface area (Å²) in [6.07, 6.45) is 0.582. The van der Waals surface area contributed by atoms with Gasteiger partial charge in [0.2, 0.25) is 0 Å². The van der Waals surface area contributed by atoms with Gasteiger partial charge >= 0.3 is 5.97 Å². The van der Waals surface area contributed by atoms with Gasteiger partial charge in [0.1, 0.15) is 5.82 Å². The Bertz CT molecular complexity index is 506. The molecule has 2 nitrogen and oxygen atoms in total. The van der Waals surface area contributed by atoms with Crippen LogP contribution in [0.1, 0.15) is 15.9 Å². The van der Waals surface area contributed by atoms with Crippen LogP contribution in [0.5, 0.6) is 0 Å². The van der Waals surface area contributed by atoms with E-state index in [1.807, 2.05) is 6.07 Å². The summed E-state index contributed by atoms with van der Waals surface area (Å²) < 4.78 is 17.8. The number of esters is 1. The fourth-order valence-corrected chi connectivity index (χ4v) is 1.57. The van der Waals surface area contributed by atoms with E-state index < -0.39 is 0 Å². The van der Waals surface area contributed by atoms with Crippen molar-refractivity contribution in [3.63, 3.8) is 0 Å². The second-order valence-corrected chi connectivity index (χ2v) is 3.88. The SMILES string of the molecule is O=C(OCCc1ccc(F)cc1)c1ccccc1. The monoisotopic (exact) mass is 244 g/mol. The average Bonchev–Trinajstić information content (AvgIpc) is 2.42. The normalized spacial score (nSPS) is 10.1. The molecule has 0 aliphatic rings. The maximum absolute atomic E-state index is 12.7. The first kappa shape index (κ1) is 12.3. The topological polar surface area (TPSA) is 26.3 Å². The standard InChI is InChI=1S/C15H13FO2/c16-14-8-6-12(7-9-14)10-11-18-15(17)13-4-2-1-3-5-13/h1-9H,10-11H2. The molecule has 0 saturated heterocycles. The molecular weight excluding hydrogens is 231 g/mol. The van der Waals surface area contributed by atoms with Crippen LogP contribution < -0.4 is 0 Å². The van der Waals surface area contributed by atoms with E-state index in [4.69, 9.17) is 4.74 Å². The van der Waals surface area contributed by atoms with Gasteiger partial charge in [-0.1, -0.05) is 30.3 Å². The van der Waals surface area contributed by atoms with Crippen LogP contribution in [0.25, 0.3) is 0 Å². The van der Waals surface area contributed by atoms with Crippen LogP contribution in [0.4, 0.5) is 4.39 Å². The molecule has 0 unspecified atom stereocenters. The van der Waals surface area contributed by atoms with Crippen molar-refractivity contribution in [3.8, 4) is 0 Å². The lowest BCUT2D eigenvalue weighted by atomic mass is 10.1. The zero-order chi connectivity index (χ0) is 12.8. The molecular formula is C15H13FO2. The Balaban J connectivity index is 1.82. The fraction of sp³-hybridized carbons (Fsp3) is 0.133. The predicted molar refractivity (Wildman–Crippen MR) is 66.8 cm³/mol. The maximum Gasteiger partial charge on any atom is 0.338 e. The van der Waals surface area contributed by atoms with Crippen LogP contribution in [0.3, 0.4) is 0 Å². The molecule has 0 aromatic heterocycles. The molecule has 0 heterocycles. The number of carbonyl (C=O) groups excluding carboxylic acids is 1. The van der Waals surface area contributed by atoms with E-state index in [1.165, 1.54) is 12.1 Å². The van der Waals surface area contributed by atoms with Crippen molar-refractivity contribution in [2.24, 2.45) is 0 Å². The van der Waals surface area contributed by atoms with E-state index in [2.05, 4.69) is 0 Å². The molecule has 3 heteroatoms. The average molecular weight is 244 g/mol. The minimum absolute atomic E-state index is 0.264. The largest absolute Gasteiger partial charge is 0.462 e. The van der Waals surface area contributed by atoms with Crippen molar-refractivity contribution in [1.29, 1.82) is 0 Å². The van der Waals surface area contributed by atoms with Gasteiger partial charge in [0.25, 0.3) is 0 Å². The van der Waals surface area contributed by atoms with Gasteiger partial charge in [-0.2, -0.15) is 0 Å². The molecule has 18 heavy (non-hydrogen) atoms. The van der Waals surface area contributed by atoms with E-state index >= 15 is 0 Å². The lowest BCUT2D eigenvalue weighted by Crippen LogP contribution is -2.07. The molecule has 0 atom stereocenters. The minimum atomic E-state index is -0.335. The third kappa shape index (κ3) is 3.42. The summed E-state index contributed by atoms with van der Waals surface area (Å²) in [5.41, 5.74) is 1.48. The molecule has 0 N–H and O–H groups in total. The summed E-state index contributed by atoms with van der Waals surface area (Å²) in [5, 5.41) is 0. The van der Waals surface area contributed by atoms with E-state index in [0.29, 0.717) is 18.6 Å². The summed E-state index contributed by atoms with van der Waals surface area (Å²) >= 11 is 0. The van der Waals surface area contributed by atoms with Crippen LogP contribution in [0, 0.1) is 5.82 Å². The quantitative estimate of drug-likeness (QED) is 0.772. The van der Waals surface area contributed by atoms with Gasteiger partial charge in [0.05, 0.1) is 12.2 Å². The second kappa shape index (κ2) is 5.96. The lowest BCUT2D eigenvalue weighted by molar-refractivity contribution is 0.0509. The number of benzene rings is 2. The van der Waals surface area contributed by atoms with Crippen molar-refractivity contribution in [2.75, 3.05) is 6.61 Å². The second-order valence-electron chi connectivity index (χ2n) is 3.88. The summed E-state index contributed by atoms with van der Waals surface area (Å²) in [6.45, 7) is 0.291. The zero-order valence-electron chi connectivity index (χ0n) is 9.80. The number of carbonyl (C=O) groups is 1. The summed E-state index contributed by atoms with van der Waals surface area (Å²) in [6, 6.07) is 15.0. The van der Waals surface area contributed by atoms with Gasteiger partial charge in [-0.05, 0) is 29.8 Å². The highest BCUT2D eigenvalue weighted by molar-refractivity contribution is 5.89. The Morgan fingerprint density at radius 1 is 1.00 bits per heavy atom. The minimum Gasteiger partial charge on any atom is -0.462 e. The number of hydrogen-bond acceptors (Lipinski definition) is 2. The van der Waals surface area contributed by atoms with Crippen molar-refractivity contribution in [2.45, 2.75) is 6.42 Å². The first-order valence-electron chi connectivity index (χ1n) is 5.72. The maximum atomic E-state index is 12.7. The van der Waals surface area contributed by atoms with Crippen LogP contribution >= 0.6 is 0 Å². The van der Waals surface area contributed by atoms with Crippen LogP contribution in [0.2, 0.25) is 0 Å². The van der Waals surface area contributed by atoms with E-state index in [-0.39, 0.29) is 11.8 Å². The molecule has 92 valence electrons. The summed E-state index contributed by atoms with van der Waals surface area (Å²) in [5.74, 6) is -0.599. The van der Waals surface area contributed by atoms with Crippen molar-refractivity contribution >= 4 is 5.97 Å². The Hall–Kier alpha value is -2.16.